The maximum atomic E-state index is 11.6. The van der Waals surface area contributed by atoms with E-state index < -0.39 is 0 Å². The molecule has 0 aromatic carbocycles. The zero-order valence-corrected chi connectivity index (χ0v) is 9.18. The Hall–Kier alpha value is -0.370. The molecule has 2 heteroatoms. The molecule has 13 heavy (non-hydrogen) atoms. The van der Waals surface area contributed by atoms with Crippen molar-refractivity contribution >= 4 is 5.78 Å². The summed E-state index contributed by atoms with van der Waals surface area (Å²) in [6.07, 6.45) is 0.713. The first kappa shape index (κ1) is 10.7. The average Bonchev–Trinajstić information content (AvgIpc) is 2.02. The molecule has 1 saturated heterocycles. The van der Waals surface area contributed by atoms with Crippen molar-refractivity contribution in [1.82, 2.24) is 5.32 Å². The average molecular weight is 183 g/mol. The molecule has 2 nitrogen and oxygen atoms in total. The number of carbonyl (C=O) groups excluding carboxylic acids is 1. The summed E-state index contributed by atoms with van der Waals surface area (Å²) < 4.78 is 0. The van der Waals surface area contributed by atoms with E-state index in [1.807, 2.05) is 0 Å². The number of carbonyl (C=O) groups is 1. The van der Waals surface area contributed by atoms with E-state index in [0.717, 1.165) is 13.1 Å². The van der Waals surface area contributed by atoms with Gasteiger partial charge in [0.25, 0.3) is 0 Å². The van der Waals surface area contributed by atoms with Gasteiger partial charge in [-0.2, -0.15) is 0 Å². The van der Waals surface area contributed by atoms with Crippen LogP contribution in [-0.4, -0.2) is 18.9 Å². The second kappa shape index (κ2) is 3.79. The first-order valence-corrected chi connectivity index (χ1v) is 5.16. The van der Waals surface area contributed by atoms with Crippen LogP contribution >= 0.6 is 0 Å². The van der Waals surface area contributed by atoms with Crippen LogP contribution in [0.1, 0.15) is 34.1 Å². The molecule has 0 aliphatic carbocycles. The molecule has 0 bridgehead atoms. The predicted molar refractivity (Wildman–Crippen MR) is 54.6 cm³/mol. The van der Waals surface area contributed by atoms with Crippen LogP contribution in [-0.2, 0) is 4.79 Å². The van der Waals surface area contributed by atoms with Gasteiger partial charge < -0.3 is 5.32 Å². The Morgan fingerprint density at radius 2 is 2.08 bits per heavy atom. The monoisotopic (exact) mass is 183 g/mol. The van der Waals surface area contributed by atoms with Crippen molar-refractivity contribution in [2.24, 2.45) is 17.3 Å². The SMILES string of the molecule is CC(C1CNCCC1=O)C(C)(C)C. The molecule has 1 heterocycles. The van der Waals surface area contributed by atoms with Crippen LogP contribution in [0.4, 0.5) is 0 Å². The molecule has 0 aromatic heterocycles. The molecule has 2 atom stereocenters. The molecular weight excluding hydrogens is 162 g/mol. The smallest absolute Gasteiger partial charge is 0.138 e. The molecule has 1 rings (SSSR count). The quantitative estimate of drug-likeness (QED) is 0.672. The fourth-order valence-electron chi connectivity index (χ4n) is 1.83. The first-order chi connectivity index (χ1) is 5.93. The summed E-state index contributed by atoms with van der Waals surface area (Å²) in [7, 11) is 0. The molecule has 76 valence electrons. The van der Waals surface area contributed by atoms with Gasteiger partial charge in [-0.3, -0.25) is 4.79 Å². The van der Waals surface area contributed by atoms with Crippen LogP contribution in [0.15, 0.2) is 0 Å². The van der Waals surface area contributed by atoms with E-state index in [1.54, 1.807) is 0 Å². The number of hydrogen-bond donors (Lipinski definition) is 1. The van der Waals surface area contributed by atoms with Crippen molar-refractivity contribution < 1.29 is 4.79 Å². The minimum atomic E-state index is 0.230. The van der Waals surface area contributed by atoms with Crippen LogP contribution in [0.25, 0.3) is 0 Å². The second-order valence-corrected chi connectivity index (χ2v) is 5.18. The van der Waals surface area contributed by atoms with Crippen molar-refractivity contribution in [2.75, 3.05) is 13.1 Å². The lowest BCUT2D eigenvalue weighted by molar-refractivity contribution is -0.126. The van der Waals surface area contributed by atoms with Gasteiger partial charge in [0, 0.05) is 25.4 Å². The van der Waals surface area contributed by atoms with E-state index >= 15 is 0 Å². The molecule has 0 radical (unpaired) electrons. The highest BCUT2D eigenvalue weighted by Gasteiger charge is 2.33. The molecule has 1 N–H and O–H groups in total. The normalized spacial score (nSPS) is 27.4. The Bertz CT molecular complexity index is 193. The van der Waals surface area contributed by atoms with E-state index in [0.29, 0.717) is 18.1 Å². The Balaban J connectivity index is 2.64. The Kier molecular flexibility index (Phi) is 3.12. The fraction of sp³-hybridized carbons (Fsp3) is 0.909. The number of nitrogens with one attached hydrogen (secondary N) is 1. The molecule has 1 aliphatic rings. The van der Waals surface area contributed by atoms with Crippen molar-refractivity contribution in [3.63, 3.8) is 0 Å². The summed E-state index contributed by atoms with van der Waals surface area (Å²) in [5.41, 5.74) is 0.235. The Morgan fingerprint density at radius 1 is 1.46 bits per heavy atom. The standard InChI is InChI=1S/C11H21NO/c1-8(11(2,3)4)9-7-12-6-5-10(9)13/h8-9,12H,5-7H2,1-4H3. The fourth-order valence-corrected chi connectivity index (χ4v) is 1.83. The summed E-state index contributed by atoms with van der Waals surface area (Å²) >= 11 is 0. The van der Waals surface area contributed by atoms with Crippen LogP contribution in [0, 0.1) is 17.3 Å². The zero-order chi connectivity index (χ0) is 10.1. The van der Waals surface area contributed by atoms with Gasteiger partial charge in [0.05, 0.1) is 0 Å². The molecule has 2 unspecified atom stereocenters. The molecule has 1 fully saturated rings. The third kappa shape index (κ3) is 2.53. The van der Waals surface area contributed by atoms with Gasteiger partial charge in [0.15, 0.2) is 0 Å². The van der Waals surface area contributed by atoms with E-state index in [9.17, 15) is 4.79 Å². The van der Waals surface area contributed by atoms with Crippen molar-refractivity contribution in [3.05, 3.63) is 0 Å². The Labute approximate surface area is 81.1 Å². The van der Waals surface area contributed by atoms with Gasteiger partial charge in [0.2, 0.25) is 0 Å². The van der Waals surface area contributed by atoms with Crippen LogP contribution in [0.5, 0.6) is 0 Å². The largest absolute Gasteiger partial charge is 0.316 e. The lowest BCUT2D eigenvalue weighted by Crippen LogP contribution is -2.43. The van der Waals surface area contributed by atoms with Crippen LogP contribution in [0.2, 0.25) is 0 Å². The number of piperidine rings is 1. The summed E-state index contributed by atoms with van der Waals surface area (Å²) in [5.74, 6) is 1.14. The molecule has 0 spiro atoms. The van der Waals surface area contributed by atoms with Gasteiger partial charge in [0.1, 0.15) is 5.78 Å². The van der Waals surface area contributed by atoms with Gasteiger partial charge in [-0.15, -0.1) is 0 Å². The molecule has 1 aliphatic heterocycles. The lowest BCUT2D eigenvalue weighted by Gasteiger charge is -2.35. The first-order valence-electron chi connectivity index (χ1n) is 5.16. The predicted octanol–water partition coefficient (Wildman–Crippen LogP) is 1.85. The number of ketones is 1. The topological polar surface area (TPSA) is 29.1 Å². The van der Waals surface area contributed by atoms with E-state index in [1.165, 1.54) is 0 Å². The second-order valence-electron chi connectivity index (χ2n) is 5.18. The number of Topliss-reactive ketones (excluding diaryl/α,β-unsaturated/α-hetero) is 1. The molecule has 0 amide bonds. The van der Waals surface area contributed by atoms with Gasteiger partial charge in [-0.1, -0.05) is 27.7 Å². The Morgan fingerprint density at radius 3 is 2.54 bits per heavy atom. The summed E-state index contributed by atoms with van der Waals surface area (Å²) in [4.78, 5) is 11.6. The maximum Gasteiger partial charge on any atom is 0.138 e. The number of hydrogen-bond acceptors (Lipinski definition) is 2. The molecular formula is C11H21NO. The van der Waals surface area contributed by atoms with Gasteiger partial charge in [-0.25, -0.2) is 0 Å². The van der Waals surface area contributed by atoms with E-state index in [2.05, 4.69) is 33.0 Å². The van der Waals surface area contributed by atoms with Crippen molar-refractivity contribution in [1.29, 1.82) is 0 Å². The van der Waals surface area contributed by atoms with Crippen LogP contribution < -0.4 is 5.32 Å². The molecule has 0 aromatic rings. The van der Waals surface area contributed by atoms with E-state index in [4.69, 9.17) is 0 Å². The minimum absolute atomic E-state index is 0.230. The van der Waals surface area contributed by atoms with Crippen LogP contribution in [0.3, 0.4) is 0 Å². The summed E-state index contributed by atoms with van der Waals surface area (Å²) in [6.45, 7) is 10.6. The van der Waals surface area contributed by atoms with Crippen molar-refractivity contribution in [2.45, 2.75) is 34.1 Å². The van der Waals surface area contributed by atoms with Gasteiger partial charge >= 0.3 is 0 Å². The van der Waals surface area contributed by atoms with Gasteiger partial charge in [-0.05, 0) is 11.3 Å². The highest BCUT2D eigenvalue weighted by molar-refractivity contribution is 5.82. The summed E-state index contributed by atoms with van der Waals surface area (Å²) in [5, 5.41) is 3.30. The highest BCUT2D eigenvalue weighted by Crippen LogP contribution is 2.33. The summed E-state index contributed by atoms with van der Waals surface area (Å²) in [6, 6.07) is 0. The third-order valence-corrected chi connectivity index (χ3v) is 3.30. The van der Waals surface area contributed by atoms with Crippen molar-refractivity contribution in [3.8, 4) is 0 Å². The zero-order valence-electron chi connectivity index (χ0n) is 9.18. The van der Waals surface area contributed by atoms with E-state index in [-0.39, 0.29) is 11.3 Å². The highest BCUT2D eigenvalue weighted by atomic mass is 16.1. The lowest BCUT2D eigenvalue weighted by atomic mass is 9.71. The minimum Gasteiger partial charge on any atom is -0.316 e. The molecule has 0 saturated carbocycles. The third-order valence-electron chi connectivity index (χ3n) is 3.30. The number of rotatable bonds is 1. The maximum absolute atomic E-state index is 11.6.